The van der Waals surface area contributed by atoms with E-state index in [4.69, 9.17) is 0 Å². The lowest BCUT2D eigenvalue weighted by Crippen LogP contribution is -2.38. The van der Waals surface area contributed by atoms with Crippen molar-refractivity contribution >= 4 is 9.39 Å². The predicted molar refractivity (Wildman–Crippen MR) is 88.2 cm³/mol. The molecule has 0 aromatic heterocycles. The van der Waals surface area contributed by atoms with Crippen LogP contribution < -0.4 is 10.4 Å². The molecular weight excluding hydrogens is 251 g/mol. The zero-order chi connectivity index (χ0) is 14.1. The Bertz CT molecular complexity index is 351. The fourth-order valence-corrected chi connectivity index (χ4v) is 2.50. The number of hydrogen-bond acceptors (Lipinski definition) is 2. The van der Waals surface area contributed by atoms with Gasteiger partial charge >= 0.3 is 0 Å². The molecule has 1 aromatic carbocycles. The van der Waals surface area contributed by atoms with Crippen LogP contribution in [-0.4, -0.2) is 19.1 Å². The van der Waals surface area contributed by atoms with E-state index < -0.39 is 0 Å². The molecule has 0 fully saturated rings. The number of nitrogens with one attached hydrogen (secondary N) is 2. The highest BCUT2D eigenvalue weighted by Gasteiger charge is 2.17. The summed E-state index contributed by atoms with van der Waals surface area (Å²) in [6.07, 6.45) is 3.07. The van der Waals surface area contributed by atoms with E-state index in [1.165, 1.54) is 5.56 Å². The molecule has 0 spiro atoms. The molecule has 0 aliphatic heterocycles. The van der Waals surface area contributed by atoms with Crippen LogP contribution >= 0.6 is 9.39 Å². The summed E-state index contributed by atoms with van der Waals surface area (Å²) in [6.45, 7) is 10.5. The van der Waals surface area contributed by atoms with Crippen molar-refractivity contribution in [1.82, 2.24) is 10.4 Å². The SMILES string of the molecule is C=C[C@H](CNCC(C)C)[C@H](Cc1ccccc1)NP. The van der Waals surface area contributed by atoms with E-state index in [-0.39, 0.29) is 0 Å². The van der Waals surface area contributed by atoms with E-state index in [0.29, 0.717) is 17.9 Å². The Balaban J connectivity index is 2.52. The van der Waals surface area contributed by atoms with E-state index in [0.717, 1.165) is 19.5 Å². The van der Waals surface area contributed by atoms with Gasteiger partial charge in [-0.15, -0.1) is 6.58 Å². The molecule has 2 nitrogen and oxygen atoms in total. The van der Waals surface area contributed by atoms with Crippen molar-refractivity contribution < 1.29 is 0 Å². The van der Waals surface area contributed by atoms with Crippen LogP contribution in [0.2, 0.25) is 0 Å². The maximum absolute atomic E-state index is 3.98. The van der Waals surface area contributed by atoms with Crippen LogP contribution in [0.4, 0.5) is 0 Å². The maximum Gasteiger partial charge on any atom is 0.0214 e. The second kappa shape index (κ2) is 9.25. The monoisotopic (exact) mass is 278 g/mol. The molecule has 0 aliphatic rings. The highest BCUT2D eigenvalue weighted by atomic mass is 31.0. The smallest absolute Gasteiger partial charge is 0.0214 e. The summed E-state index contributed by atoms with van der Waals surface area (Å²) in [5.41, 5.74) is 1.36. The second-order valence-corrected chi connectivity index (χ2v) is 5.75. The van der Waals surface area contributed by atoms with Crippen LogP contribution in [0.15, 0.2) is 43.0 Å². The number of rotatable bonds is 9. The van der Waals surface area contributed by atoms with Gasteiger partial charge in [-0.25, -0.2) is 0 Å². The highest BCUT2D eigenvalue weighted by molar-refractivity contribution is 7.13. The number of hydrogen-bond donors (Lipinski definition) is 2. The van der Waals surface area contributed by atoms with E-state index in [1.54, 1.807) is 0 Å². The van der Waals surface area contributed by atoms with Crippen molar-refractivity contribution in [2.75, 3.05) is 13.1 Å². The Morgan fingerprint density at radius 2 is 1.89 bits per heavy atom. The minimum atomic E-state index is 0.393. The summed E-state index contributed by atoms with van der Waals surface area (Å²) in [7, 11) is 2.65. The fraction of sp³-hybridized carbons (Fsp3) is 0.500. The summed E-state index contributed by atoms with van der Waals surface area (Å²) < 4.78 is 0. The van der Waals surface area contributed by atoms with Crippen LogP contribution in [0.3, 0.4) is 0 Å². The summed E-state index contributed by atoms with van der Waals surface area (Å²) >= 11 is 0. The summed E-state index contributed by atoms with van der Waals surface area (Å²) in [6, 6.07) is 11.0. The number of benzene rings is 1. The summed E-state index contributed by atoms with van der Waals surface area (Å²) in [5.74, 6) is 1.11. The van der Waals surface area contributed by atoms with Crippen molar-refractivity contribution in [3.8, 4) is 0 Å². The van der Waals surface area contributed by atoms with Crippen LogP contribution in [-0.2, 0) is 6.42 Å². The first kappa shape index (κ1) is 16.4. The van der Waals surface area contributed by atoms with Gasteiger partial charge in [-0.1, -0.05) is 59.6 Å². The molecule has 2 N–H and O–H groups in total. The van der Waals surface area contributed by atoms with Crippen molar-refractivity contribution in [3.63, 3.8) is 0 Å². The van der Waals surface area contributed by atoms with Crippen molar-refractivity contribution in [2.45, 2.75) is 26.3 Å². The van der Waals surface area contributed by atoms with Gasteiger partial charge in [0.2, 0.25) is 0 Å². The Hall–Kier alpha value is -0.690. The Labute approximate surface area is 120 Å². The normalized spacial score (nSPS) is 14.3. The molecule has 0 saturated carbocycles. The van der Waals surface area contributed by atoms with Gasteiger partial charge in [0, 0.05) is 18.5 Å². The molecule has 0 heterocycles. The standard InChI is InChI=1S/C16H27N2P/c1-4-15(12-17-11-13(2)3)16(18-19)10-14-8-6-5-7-9-14/h4-9,13,15-18H,1,10-12,19H2,2-3H3/t15-,16+/m1/s1. The molecule has 1 aromatic rings. The Morgan fingerprint density at radius 3 is 2.42 bits per heavy atom. The molecule has 0 bridgehead atoms. The van der Waals surface area contributed by atoms with Crippen molar-refractivity contribution in [3.05, 3.63) is 48.6 Å². The highest BCUT2D eigenvalue weighted by Crippen LogP contribution is 2.13. The van der Waals surface area contributed by atoms with Gasteiger partial charge in [-0.3, -0.25) is 5.09 Å². The van der Waals surface area contributed by atoms with Crippen molar-refractivity contribution in [1.29, 1.82) is 0 Å². The lowest BCUT2D eigenvalue weighted by molar-refractivity contribution is 0.426. The van der Waals surface area contributed by atoms with Crippen LogP contribution in [0.1, 0.15) is 19.4 Å². The fourth-order valence-electron chi connectivity index (χ4n) is 2.13. The molecule has 3 atom stereocenters. The van der Waals surface area contributed by atoms with E-state index in [2.05, 4.69) is 76.6 Å². The van der Waals surface area contributed by atoms with E-state index >= 15 is 0 Å². The Morgan fingerprint density at radius 1 is 1.21 bits per heavy atom. The van der Waals surface area contributed by atoms with E-state index in [1.807, 2.05) is 0 Å². The van der Waals surface area contributed by atoms with Gasteiger partial charge in [-0.2, -0.15) is 0 Å². The molecule has 0 saturated heterocycles. The molecule has 0 amide bonds. The van der Waals surface area contributed by atoms with Crippen LogP contribution in [0.5, 0.6) is 0 Å². The predicted octanol–water partition coefficient (Wildman–Crippen LogP) is 3.03. The van der Waals surface area contributed by atoms with Gasteiger partial charge in [0.15, 0.2) is 0 Å². The molecule has 19 heavy (non-hydrogen) atoms. The largest absolute Gasteiger partial charge is 0.316 e. The first-order valence-electron chi connectivity index (χ1n) is 7.00. The lowest BCUT2D eigenvalue weighted by Gasteiger charge is -2.25. The minimum absolute atomic E-state index is 0.393. The molecule has 0 aliphatic carbocycles. The zero-order valence-corrected chi connectivity index (χ0v) is 13.3. The Kier molecular flexibility index (Phi) is 7.97. The van der Waals surface area contributed by atoms with Gasteiger partial charge < -0.3 is 5.32 Å². The lowest BCUT2D eigenvalue weighted by atomic mass is 9.94. The second-order valence-electron chi connectivity index (χ2n) is 5.41. The molecule has 1 unspecified atom stereocenters. The zero-order valence-electron chi connectivity index (χ0n) is 12.1. The van der Waals surface area contributed by atoms with Crippen molar-refractivity contribution in [2.24, 2.45) is 11.8 Å². The van der Waals surface area contributed by atoms with Gasteiger partial charge in [0.05, 0.1) is 0 Å². The molecule has 106 valence electrons. The third kappa shape index (κ3) is 6.33. The third-order valence-electron chi connectivity index (χ3n) is 3.26. The average Bonchev–Trinajstić information content (AvgIpc) is 2.42. The molecule has 1 rings (SSSR count). The topological polar surface area (TPSA) is 24.1 Å². The van der Waals surface area contributed by atoms with Crippen LogP contribution in [0, 0.1) is 11.8 Å². The first-order valence-corrected chi connectivity index (χ1v) is 7.58. The van der Waals surface area contributed by atoms with Gasteiger partial charge in [-0.05, 0) is 24.4 Å². The molecule has 0 radical (unpaired) electrons. The minimum Gasteiger partial charge on any atom is -0.316 e. The quantitative estimate of drug-likeness (QED) is 0.536. The van der Waals surface area contributed by atoms with Crippen LogP contribution in [0.25, 0.3) is 0 Å². The third-order valence-corrected chi connectivity index (χ3v) is 3.69. The molecule has 3 heteroatoms. The maximum atomic E-state index is 3.98. The van der Waals surface area contributed by atoms with Gasteiger partial charge in [0.25, 0.3) is 0 Å². The van der Waals surface area contributed by atoms with E-state index in [9.17, 15) is 0 Å². The summed E-state index contributed by atoms with van der Waals surface area (Å²) in [5, 5.41) is 6.86. The molecular formula is C16H27N2P. The average molecular weight is 278 g/mol. The first-order chi connectivity index (χ1) is 9.17. The summed E-state index contributed by atoms with van der Waals surface area (Å²) in [4.78, 5) is 0. The van der Waals surface area contributed by atoms with Gasteiger partial charge in [0.1, 0.15) is 0 Å².